The van der Waals surface area contributed by atoms with Crippen molar-refractivity contribution in [3.05, 3.63) is 94.3 Å². The van der Waals surface area contributed by atoms with Crippen LogP contribution in [0.5, 0.6) is 11.5 Å². The molecular formula is C27H23ClFNO5. The zero-order valence-corrected chi connectivity index (χ0v) is 19.9. The first kappa shape index (κ1) is 24.3. The lowest BCUT2D eigenvalue weighted by Gasteiger charge is -2.26. The van der Waals surface area contributed by atoms with Crippen molar-refractivity contribution in [2.75, 3.05) is 18.6 Å². The summed E-state index contributed by atoms with van der Waals surface area (Å²) in [5, 5.41) is 11.1. The van der Waals surface area contributed by atoms with Crippen molar-refractivity contribution in [3.8, 4) is 11.5 Å². The van der Waals surface area contributed by atoms with Gasteiger partial charge in [-0.25, -0.2) is 4.39 Å². The summed E-state index contributed by atoms with van der Waals surface area (Å²) < 4.78 is 24.8. The quantitative estimate of drug-likeness (QED) is 0.251. The van der Waals surface area contributed by atoms with E-state index in [1.807, 2.05) is 6.92 Å². The molecule has 1 heterocycles. The highest BCUT2D eigenvalue weighted by Gasteiger charge is 2.47. The minimum atomic E-state index is -1.01. The first-order valence-electron chi connectivity index (χ1n) is 11.0. The van der Waals surface area contributed by atoms with E-state index in [1.165, 1.54) is 24.1 Å². The number of carbonyl (C=O) groups excluding carboxylic acids is 2. The van der Waals surface area contributed by atoms with Crippen LogP contribution in [0.15, 0.2) is 72.3 Å². The lowest BCUT2D eigenvalue weighted by atomic mass is 9.95. The molecule has 0 aliphatic carbocycles. The Morgan fingerprint density at radius 3 is 2.51 bits per heavy atom. The number of nitrogens with zero attached hydrogens (tertiary/aromatic N) is 1. The largest absolute Gasteiger partial charge is 0.507 e. The number of hydrogen-bond donors (Lipinski definition) is 1. The predicted octanol–water partition coefficient (Wildman–Crippen LogP) is 5.90. The number of anilines is 1. The fourth-order valence-electron chi connectivity index (χ4n) is 3.97. The number of ether oxygens (including phenoxy) is 2. The number of methoxy groups -OCH3 is 1. The van der Waals surface area contributed by atoms with Gasteiger partial charge in [0.2, 0.25) is 0 Å². The second kappa shape index (κ2) is 10.2. The van der Waals surface area contributed by atoms with Crippen LogP contribution in [0.25, 0.3) is 5.76 Å². The van der Waals surface area contributed by atoms with Crippen molar-refractivity contribution >= 4 is 34.7 Å². The maximum absolute atomic E-state index is 13.9. The van der Waals surface area contributed by atoms with Gasteiger partial charge in [0.25, 0.3) is 11.7 Å². The van der Waals surface area contributed by atoms with Gasteiger partial charge in [-0.3, -0.25) is 14.5 Å². The number of halogens is 2. The number of aliphatic hydroxyl groups is 1. The Labute approximate surface area is 207 Å². The number of aliphatic hydroxyl groups excluding tert-OH is 1. The van der Waals surface area contributed by atoms with Crippen LogP contribution >= 0.6 is 11.6 Å². The molecule has 35 heavy (non-hydrogen) atoms. The van der Waals surface area contributed by atoms with Crippen LogP contribution in [0.3, 0.4) is 0 Å². The van der Waals surface area contributed by atoms with E-state index in [0.717, 1.165) is 12.5 Å². The summed E-state index contributed by atoms with van der Waals surface area (Å²) in [7, 11) is 1.50. The molecule has 1 aliphatic heterocycles. The molecule has 3 aromatic rings. The van der Waals surface area contributed by atoms with Gasteiger partial charge < -0.3 is 14.6 Å². The zero-order valence-electron chi connectivity index (χ0n) is 19.1. The molecule has 6 nitrogen and oxygen atoms in total. The lowest BCUT2D eigenvalue weighted by molar-refractivity contribution is -0.132. The number of amides is 1. The molecule has 0 bridgehead atoms. The van der Waals surface area contributed by atoms with E-state index in [4.69, 9.17) is 21.1 Å². The fourth-order valence-corrected chi connectivity index (χ4v) is 4.14. The smallest absolute Gasteiger partial charge is 0.300 e. The molecule has 4 rings (SSSR count). The van der Waals surface area contributed by atoms with Gasteiger partial charge in [-0.1, -0.05) is 42.8 Å². The zero-order chi connectivity index (χ0) is 25.1. The highest BCUT2D eigenvalue weighted by molar-refractivity contribution is 6.51. The highest BCUT2D eigenvalue weighted by atomic mass is 35.5. The summed E-state index contributed by atoms with van der Waals surface area (Å²) in [4.78, 5) is 27.7. The summed E-state index contributed by atoms with van der Waals surface area (Å²) in [5.41, 5.74) is 0.937. The summed E-state index contributed by atoms with van der Waals surface area (Å²) in [6.45, 7) is 2.46. The van der Waals surface area contributed by atoms with Crippen LogP contribution in [0.4, 0.5) is 10.1 Å². The standard InChI is InChI=1S/C27H23ClFNO5/c1-3-12-35-20-9-5-7-17(14-20)25(31)23-24(16-6-4-8-19(13-16)34-2)30(27(33)26(23)32)18-10-11-22(29)21(28)15-18/h4-11,13-15,24,31H,3,12H2,1-2H3/b25-23+. The summed E-state index contributed by atoms with van der Waals surface area (Å²) >= 11 is 5.98. The van der Waals surface area contributed by atoms with Crippen molar-refractivity contribution in [1.29, 1.82) is 0 Å². The average molecular weight is 496 g/mol. The average Bonchev–Trinajstić information content (AvgIpc) is 3.14. The van der Waals surface area contributed by atoms with Crippen molar-refractivity contribution in [3.63, 3.8) is 0 Å². The number of Topliss-reactive ketones (excluding diaryl/α,β-unsaturated/α-hetero) is 1. The van der Waals surface area contributed by atoms with Gasteiger partial charge in [0.1, 0.15) is 23.1 Å². The summed E-state index contributed by atoms with van der Waals surface area (Å²) in [5.74, 6) is -1.74. The van der Waals surface area contributed by atoms with Gasteiger partial charge >= 0.3 is 0 Å². The molecule has 1 atom stereocenters. The van der Waals surface area contributed by atoms with Gasteiger partial charge in [-0.05, 0) is 54.4 Å². The molecule has 1 amide bonds. The third kappa shape index (κ3) is 4.72. The van der Waals surface area contributed by atoms with E-state index in [9.17, 15) is 19.1 Å². The maximum atomic E-state index is 13.9. The van der Waals surface area contributed by atoms with Gasteiger partial charge in [0.05, 0.1) is 30.4 Å². The molecule has 0 aromatic heterocycles. The Balaban J connectivity index is 1.91. The molecule has 0 spiro atoms. The Morgan fingerprint density at radius 2 is 1.80 bits per heavy atom. The molecule has 1 fully saturated rings. The monoisotopic (exact) mass is 495 g/mol. The van der Waals surface area contributed by atoms with Crippen LogP contribution in [-0.2, 0) is 9.59 Å². The fraction of sp³-hybridized carbons (Fsp3) is 0.185. The van der Waals surface area contributed by atoms with Crippen LogP contribution in [0.2, 0.25) is 5.02 Å². The molecule has 1 unspecified atom stereocenters. The molecule has 180 valence electrons. The lowest BCUT2D eigenvalue weighted by Crippen LogP contribution is -2.29. The molecule has 1 saturated heterocycles. The van der Waals surface area contributed by atoms with Crippen LogP contribution in [0, 0.1) is 5.82 Å². The molecule has 1 aliphatic rings. The van der Waals surface area contributed by atoms with Crippen LogP contribution < -0.4 is 14.4 Å². The molecule has 3 aromatic carbocycles. The first-order chi connectivity index (χ1) is 16.8. The molecule has 1 N–H and O–H groups in total. The number of rotatable bonds is 7. The molecule has 0 radical (unpaired) electrons. The van der Waals surface area contributed by atoms with E-state index in [1.54, 1.807) is 48.5 Å². The van der Waals surface area contributed by atoms with Gasteiger partial charge in [0, 0.05) is 11.3 Å². The van der Waals surface area contributed by atoms with E-state index < -0.39 is 23.5 Å². The van der Waals surface area contributed by atoms with Crippen molar-refractivity contribution in [2.45, 2.75) is 19.4 Å². The van der Waals surface area contributed by atoms with Crippen LogP contribution in [0.1, 0.15) is 30.5 Å². The second-order valence-electron chi connectivity index (χ2n) is 7.92. The van der Waals surface area contributed by atoms with E-state index in [0.29, 0.717) is 29.2 Å². The SMILES string of the molecule is CCCOc1cccc(/C(O)=C2\C(=O)C(=O)N(c3ccc(F)c(Cl)c3)C2c2cccc(OC)c2)c1. The Morgan fingerprint density at radius 1 is 1.06 bits per heavy atom. The maximum Gasteiger partial charge on any atom is 0.300 e. The van der Waals surface area contributed by atoms with E-state index >= 15 is 0 Å². The third-order valence-corrected chi connectivity index (χ3v) is 5.91. The van der Waals surface area contributed by atoms with Crippen LogP contribution in [-0.4, -0.2) is 30.5 Å². The minimum absolute atomic E-state index is 0.114. The number of benzene rings is 3. The van der Waals surface area contributed by atoms with Crippen molar-refractivity contribution < 1.29 is 28.6 Å². The molecule has 0 saturated carbocycles. The number of ketones is 1. The normalized spacial score (nSPS) is 17.0. The second-order valence-corrected chi connectivity index (χ2v) is 8.33. The Bertz CT molecular complexity index is 1320. The van der Waals surface area contributed by atoms with Crippen molar-refractivity contribution in [2.24, 2.45) is 0 Å². The van der Waals surface area contributed by atoms with Gasteiger partial charge in [-0.15, -0.1) is 0 Å². The number of carbonyl (C=O) groups is 2. The predicted molar refractivity (Wildman–Crippen MR) is 131 cm³/mol. The van der Waals surface area contributed by atoms with Crippen molar-refractivity contribution in [1.82, 2.24) is 0 Å². The Kier molecular flexibility index (Phi) is 7.07. The summed E-state index contributed by atoms with van der Waals surface area (Å²) in [6.07, 6.45) is 0.803. The van der Waals surface area contributed by atoms with Gasteiger partial charge in [-0.2, -0.15) is 0 Å². The topological polar surface area (TPSA) is 76.1 Å². The molecular weight excluding hydrogens is 473 g/mol. The van der Waals surface area contributed by atoms with Gasteiger partial charge in [0.15, 0.2) is 0 Å². The molecule has 8 heteroatoms. The van der Waals surface area contributed by atoms with E-state index in [2.05, 4.69) is 0 Å². The first-order valence-corrected chi connectivity index (χ1v) is 11.4. The minimum Gasteiger partial charge on any atom is -0.507 e. The number of hydrogen-bond acceptors (Lipinski definition) is 5. The highest BCUT2D eigenvalue weighted by Crippen LogP contribution is 2.43. The Hall–Kier alpha value is -3.84. The third-order valence-electron chi connectivity index (χ3n) is 5.62. The van der Waals surface area contributed by atoms with E-state index in [-0.39, 0.29) is 22.0 Å². The summed E-state index contributed by atoms with van der Waals surface area (Å²) in [6, 6.07) is 16.2.